The molecule has 272 valence electrons. The van der Waals surface area contributed by atoms with Crippen molar-refractivity contribution in [2.24, 2.45) is 0 Å². The van der Waals surface area contributed by atoms with Gasteiger partial charge in [0.25, 0.3) is 0 Å². The highest BCUT2D eigenvalue weighted by atomic mass is 16.3. The zero-order chi connectivity index (χ0) is 38.4. The van der Waals surface area contributed by atoms with E-state index in [2.05, 4.69) is 211 Å². The zero-order valence-electron chi connectivity index (χ0n) is 31.7. The minimum absolute atomic E-state index is 0.881. The number of furan rings is 1. The van der Waals surface area contributed by atoms with Crippen LogP contribution in [0.25, 0.3) is 88.0 Å². The van der Waals surface area contributed by atoms with Crippen molar-refractivity contribution in [3.05, 3.63) is 224 Å². The Morgan fingerprint density at radius 3 is 1.53 bits per heavy atom. The van der Waals surface area contributed by atoms with E-state index >= 15 is 0 Å². The number of fused-ring (bicyclic) bond motifs is 5. The van der Waals surface area contributed by atoms with Gasteiger partial charge >= 0.3 is 0 Å². The second-order valence-electron chi connectivity index (χ2n) is 15.0. The van der Waals surface area contributed by atoms with Gasteiger partial charge in [0.05, 0.1) is 0 Å². The molecule has 11 aromatic rings. The third kappa shape index (κ3) is 6.09. The molecule has 1 heterocycles. The summed E-state index contributed by atoms with van der Waals surface area (Å²) in [6.45, 7) is 0. The van der Waals surface area contributed by atoms with Crippen LogP contribution in [0.2, 0.25) is 0 Å². The molecule has 0 amide bonds. The number of benzene rings is 10. The van der Waals surface area contributed by atoms with E-state index in [9.17, 15) is 0 Å². The molecule has 0 N–H and O–H groups in total. The van der Waals surface area contributed by atoms with Crippen LogP contribution in [-0.2, 0) is 0 Å². The van der Waals surface area contributed by atoms with Gasteiger partial charge in [0, 0.05) is 28.0 Å². The van der Waals surface area contributed by atoms with Crippen LogP contribution in [0.3, 0.4) is 0 Å². The first-order valence-corrected chi connectivity index (χ1v) is 19.8. The van der Waals surface area contributed by atoms with Gasteiger partial charge in [-0.1, -0.05) is 164 Å². The van der Waals surface area contributed by atoms with Gasteiger partial charge in [-0.05, 0) is 126 Å². The molecule has 0 aliphatic carbocycles. The SMILES string of the molecule is c1cc(-c2ccc(-c3ccc(N(c4ccc(-c5cc6ccccc6c6ccccc56)cc4)c4ccc5ccccc5c4)cc3)cc2)cc(-c2cc3ccccc3o2)c1. The third-order valence-corrected chi connectivity index (χ3v) is 11.4. The highest BCUT2D eigenvalue weighted by molar-refractivity contribution is 6.13. The first-order valence-electron chi connectivity index (χ1n) is 19.8. The minimum Gasteiger partial charge on any atom is -0.456 e. The van der Waals surface area contributed by atoms with Crippen molar-refractivity contribution in [3.8, 4) is 44.7 Å². The maximum absolute atomic E-state index is 6.17. The number of para-hydroxylation sites is 1. The summed E-state index contributed by atoms with van der Waals surface area (Å²) in [6, 6.07) is 80.7. The number of hydrogen-bond acceptors (Lipinski definition) is 2. The summed E-state index contributed by atoms with van der Waals surface area (Å²) in [5, 5.41) is 8.63. The second-order valence-corrected chi connectivity index (χ2v) is 15.0. The van der Waals surface area contributed by atoms with Crippen molar-refractivity contribution < 1.29 is 4.42 Å². The van der Waals surface area contributed by atoms with Crippen molar-refractivity contribution in [2.45, 2.75) is 0 Å². The Kier molecular flexibility index (Phi) is 8.19. The fourth-order valence-corrected chi connectivity index (χ4v) is 8.48. The predicted octanol–water partition coefficient (Wildman–Crippen LogP) is 16.0. The Labute approximate surface area is 337 Å². The molecule has 2 nitrogen and oxygen atoms in total. The van der Waals surface area contributed by atoms with Crippen LogP contribution < -0.4 is 4.90 Å². The van der Waals surface area contributed by atoms with Gasteiger partial charge < -0.3 is 9.32 Å². The highest BCUT2D eigenvalue weighted by Crippen LogP contribution is 2.40. The molecular weight excluding hydrogens is 703 g/mol. The van der Waals surface area contributed by atoms with Crippen LogP contribution >= 0.6 is 0 Å². The Hall–Kier alpha value is -7.68. The van der Waals surface area contributed by atoms with E-state index in [0.29, 0.717) is 0 Å². The molecule has 58 heavy (non-hydrogen) atoms. The molecular formula is C56H37NO. The predicted molar refractivity (Wildman–Crippen MR) is 245 cm³/mol. The van der Waals surface area contributed by atoms with Crippen molar-refractivity contribution in [2.75, 3.05) is 4.90 Å². The van der Waals surface area contributed by atoms with Crippen molar-refractivity contribution in [3.63, 3.8) is 0 Å². The zero-order valence-corrected chi connectivity index (χ0v) is 31.7. The summed E-state index contributed by atoms with van der Waals surface area (Å²) in [4.78, 5) is 2.36. The topological polar surface area (TPSA) is 16.4 Å². The molecule has 0 aliphatic heterocycles. The standard InChI is InChI=1S/C56H37NO/c1-2-11-44-35-50(33-26-38(44)10-1)57(49-31-27-42(28-32-49)54-36-45-12-3-5-16-51(45)52-17-6-7-18-53(52)54)48-29-24-40(25-30-48)39-20-22-41(23-21-39)43-14-9-15-46(34-43)56-37-47-13-4-8-19-55(47)58-56/h1-37H. The second kappa shape index (κ2) is 14.1. The average Bonchev–Trinajstić information content (AvgIpc) is 3.74. The first-order chi connectivity index (χ1) is 28.7. The monoisotopic (exact) mass is 739 g/mol. The maximum atomic E-state index is 6.17. The van der Waals surface area contributed by atoms with Gasteiger partial charge in [0.1, 0.15) is 11.3 Å². The lowest BCUT2D eigenvalue weighted by Gasteiger charge is -2.26. The van der Waals surface area contributed by atoms with E-state index in [1.54, 1.807) is 0 Å². The van der Waals surface area contributed by atoms with E-state index in [1.165, 1.54) is 60.1 Å². The van der Waals surface area contributed by atoms with E-state index in [0.717, 1.165) is 44.9 Å². The van der Waals surface area contributed by atoms with E-state index in [-0.39, 0.29) is 0 Å². The molecule has 11 rings (SSSR count). The number of anilines is 3. The summed E-state index contributed by atoms with van der Waals surface area (Å²) in [7, 11) is 0. The molecule has 1 aromatic heterocycles. The molecule has 0 aliphatic rings. The summed E-state index contributed by atoms with van der Waals surface area (Å²) in [6.07, 6.45) is 0. The molecule has 2 heteroatoms. The van der Waals surface area contributed by atoms with Gasteiger partial charge in [0.2, 0.25) is 0 Å². The fraction of sp³-hybridized carbons (Fsp3) is 0. The molecule has 0 saturated heterocycles. The lowest BCUT2D eigenvalue weighted by atomic mass is 9.93. The lowest BCUT2D eigenvalue weighted by molar-refractivity contribution is 0.631. The van der Waals surface area contributed by atoms with Crippen LogP contribution in [-0.4, -0.2) is 0 Å². The van der Waals surface area contributed by atoms with Gasteiger partial charge in [-0.3, -0.25) is 0 Å². The van der Waals surface area contributed by atoms with Crippen LogP contribution in [0.5, 0.6) is 0 Å². The minimum atomic E-state index is 0.881. The van der Waals surface area contributed by atoms with E-state index in [1.807, 2.05) is 18.2 Å². The summed E-state index contributed by atoms with van der Waals surface area (Å²) >= 11 is 0. The Morgan fingerprint density at radius 2 is 0.810 bits per heavy atom. The molecule has 0 unspecified atom stereocenters. The quantitative estimate of drug-likeness (QED) is 0.151. The summed E-state index contributed by atoms with van der Waals surface area (Å²) in [5.74, 6) is 0.881. The number of nitrogens with zero attached hydrogens (tertiary/aromatic N) is 1. The van der Waals surface area contributed by atoms with Crippen LogP contribution in [0.4, 0.5) is 17.1 Å². The average molecular weight is 740 g/mol. The number of rotatable bonds is 7. The molecule has 10 aromatic carbocycles. The molecule has 0 bridgehead atoms. The van der Waals surface area contributed by atoms with Crippen LogP contribution in [0.1, 0.15) is 0 Å². The molecule has 0 fully saturated rings. The smallest absolute Gasteiger partial charge is 0.135 e. The summed E-state index contributed by atoms with van der Waals surface area (Å²) in [5.41, 5.74) is 12.4. The van der Waals surface area contributed by atoms with Gasteiger partial charge in [-0.25, -0.2) is 0 Å². The fourth-order valence-electron chi connectivity index (χ4n) is 8.48. The number of hydrogen-bond donors (Lipinski definition) is 0. The lowest BCUT2D eigenvalue weighted by Crippen LogP contribution is -2.09. The summed E-state index contributed by atoms with van der Waals surface area (Å²) < 4.78 is 6.17. The normalized spacial score (nSPS) is 11.4. The molecule has 0 radical (unpaired) electrons. The first kappa shape index (κ1) is 33.6. The van der Waals surface area contributed by atoms with Gasteiger partial charge in [-0.15, -0.1) is 0 Å². The Morgan fingerprint density at radius 1 is 0.276 bits per heavy atom. The highest BCUT2D eigenvalue weighted by Gasteiger charge is 2.16. The van der Waals surface area contributed by atoms with Crippen molar-refractivity contribution >= 4 is 60.3 Å². The largest absolute Gasteiger partial charge is 0.456 e. The van der Waals surface area contributed by atoms with Crippen molar-refractivity contribution in [1.29, 1.82) is 0 Å². The Bertz CT molecular complexity index is 3230. The molecule has 0 atom stereocenters. The third-order valence-electron chi connectivity index (χ3n) is 11.4. The van der Waals surface area contributed by atoms with Crippen LogP contribution in [0.15, 0.2) is 229 Å². The molecule has 0 spiro atoms. The van der Waals surface area contributed by atoms with Crippen LogP contribution in [0, 0.1) is 0 Å². The van der Waals surface area contributed by atoms with E-state index in [4.69, 9.17) is 4.42 Å². The Balaban J connectivity index is 0.921. The van der Waals surface area contributed by atoms with Gasteiger partial charge in [-0.2, -0.15) is 0 Å². The maximum Gasteiger partial charge on any atom is 0.135 e. The molecule has 0 saturated carbocycles. The van der Waals surface area contributed by atoms with Crippen molar-refractivity contribution in [1.82, 2.24) is 0 Å². The van der Waals surface area contributed by atoms with Gasteiger partial charge in [0.15, 0.2) is 0 Å². The van der Waals surface area contributed by atoms with E-state index < -0.39 is 0 Å².